The predicted octanol–water partition coefficient (Wildman–Crippen LogP) is 5.83. The number of hydrogen-bond donors (Lipinski definition) is 0. The van der Waals surface area contributed by atoms with Crippen LogP contribution in [0.25, 0.3) is 0 Å². The van der Waals surface area contributed by atoms with Crippen LogP contribution < -0.4 is 4.74 Å². The van der Waals surface area contributed by atoms with E-state index in [0.29, 0.717) is 19.3 Å². The van der Waals surface area contributed by atoms with Gasteiger partial charge in [-0.25, -0.2) is 0 Å². The highest BCUT2D eigenvalue weighted by Gasteiger charge is 2.82. The Morgan fingerprint density at radius 2 is 1.89 bits per heavy atom. The summed E-state index contributed by atoms with van der Waals surface area (Å²) in [7, 11) is 1.95. The lowest BCUT2D eigenvalue weighted by Crippen LogP contribution is -2.83. The van der Waals surface area contributed by atoms with E-state index < -0.39 is 0 Å². The zero-order chi connectivity index (χ0) is 25.0. The molecule has 0 radical (unpaired) electrons. The fraction of sp³-hybridized carbons (Fsp3) is 0.636. The number of benzene rings is 2. The fourth-order valence-corrected chi connectivity index (χ4v) is 10.3. The van der Waals surface area contributed by atoms with Crippen molar-refractivity contribution in [3.8, 4) is 5.75 Å². The summed E-state index contributed by atoms with van der Waals surface area (Å²) in [6.45, 7) is 8.57. The van der Waals surface area contributed by atoms with Crippen molar-refractivity contribution in [1.29, 1.82) is 0 Å². The second-order valence-electron chi connectivity index (χ2n) is 13.6. The van der Waals surface area contributed by atoms with Gasteiger partial charge in [-0.3, -0.25) is 4.90 Å². The third-order valence-corrected chi connectivity index (χ3v) is 11.9. The number of methoxy groups -OCH3 is 1. The number of rotatable bonds is 7. The minimum atomic E-state index is -0.339. The largest absolute Gasteiger partial charge is 0.486 e. The first-order chi connectivity index (χ1) is 18.0. The van der Waals surface area contributed by atoms with Gasteiger partial charge < -0.3 is 14.2 Å². The molecule has 7 aliphatic rings. The van der Waals surface area contributed by atoms with Crippen LogP contribution in [-0.2, 0) is 27.9 Å². The van der Waals surface area contributed by atoms with Gasteiger partial charge in [-0.15, -0.1) is 0 Å². The van der Waals surface area contributed by atoms with E-state index >= 15 is 0 Å². The number of fused-ring (bicyclic) bond motifs is 2. The molecule has 0 N–H and O–H groups in total. The number of aryl methyl sites for hydroxylation is 1. The van der Waals surface area contributed by atoms with Crippen LogP contribution in [-0.4, -0.2) is 49.5 Å². The molecular formula is C33H41NO3. The van der Waals surface area contributed by atoms with E-state index in [1.54, 1.807) is 11.1 Å². The lowest BCUT2D eigenvalue weighted by atomic mass is 9.32. The number of piperidine rings is 1. The van der Waals surface area contributed by atoms with Crippen molar-refractivity contribution in [3.63, 3.8) is 0 Å². The monoisotopic (exact) mass is 499 g/mol. The van der Waals surface area contributed by atoms with Gasteiger partial charge in [0.2, 0.25) is 0 Å². The van der Waals surface area contributed by atoms with Gasteiger partial charge in [0.25, 0.3) is 0 Å². The van der Waals surface area contributed by atoms with Gasteiger partial charge in [0.05, 0.1) is 13.2 Å². The second-order valence-corrected chi connectivity index (χ2v) is 13.6. The Morgan fingerprint density at radius 3 is 2.68 bits per heavy atom. The van der Waals surface area contributed by atoms with Crippen molar-refractivity contribution in [2.45, 2.75) is 88.6 Å². The molecule has 1 unspecified atom stereocenters. The summed E-state index contributed by atoms with van der Waals surface area (Å²) in [6, 6.07) is 15.9. The van der Waals surface area contributed by atoms with Crippen LogP contribution in [0.4, 0.5) is 0 Å². The Balaban J connectivity index is 1.25. The minimum Gasteiger partial charge on any atom is -0.486 e. The quantitative estimate of drug-likeness (QED) is 0.480. The summed E-state index contributed by atoms with van der Waals surface area (Å²) >= 11 is 0. The molecule has 37 heavy (non-hydrogen) atoms. The van der Waals surface area contributed by atoms with E-state index in [-0.39, 0.29) is 27.9 Å². The predicted molar refractivity (Wildman–Crippen MR) is 144 cm³/mol. The average Bonchev–Trinajstić information content (AvgIpc) is 3.64. The highest BCUT2D eigenvalue weighted by Crippen LogP contribution is 2.78. The summed E-state index contributed by atoms with van der Waals surface area (Å²) in [6.07, 6.45) is 8.77. The summed E-state index contributed by atoms with van der Waals surface area (Å²) in [4.78, 5) is 2.93. The number of likely N-dealkylation sites (tertiary alicyclic amines) is 1. The molecule has 5 fully saturated rings. The molecule has 2 aromatic carbocycles. The number of hydrogen-bond acceptors (Lipinski definition) is 4. The normalized spacial score (nSPS) is 40.9. The highest BCUT2D eigenvalue weighted by atomic mass is 16.6. The number of ether oxygens (including phenoxy) is 3. The van der Waals surface area contributed by atoms with Crippen LogP contribution in [0, 0.1) is 23.7 Å². The molecule has 5 aliphatic carbocycles. The third kappa shape index (κ3) is 2.75. The van der Waals surface area contributed by atoms with Crippen molar-refractivity contribution < 1.29 is 14.2 Å². The van der Waals surface area contributed by atoms with Gasteiger partial charge in [0, 0.05) is 41.5 Å². The summed E-state index contributed by atoms with van der Waals surface area (Å²) in [5.41, 5.74) is 5.52. The molecule has 2 spiro atoms. The number of nitrogens with zero attached hydrogens (tertiary/aromatic N) is 1. The van der Waals surface area contributed by atoms with Crippen LogP contribution in [0.1, 0.15) is 67.7 Å². The standard InChI is InChI=1S/C33H41NO3/c1-22-9-12-25-17-26-31-13-14-33(35-3,30(2,20-31)21-36-19-24-7-5-4-6-8-24)29-32(31,27(25)28(22)37-29)15-16-34(26)18-23-10-11-23/h4-9,12,23,26,29H,10-11,13-21H2,1-3H3/t26-,29-,30-,31?,32+,33+/m1/s1. The molecule has 2 aliphatic heterocycles. The molecule has 9 rings (SSSR count). The van der Waals surface area contributed by atoms with Crippen LogP contribution >= 0.6 is 0 Å². The lowest BCUT2D eigenvalue weighted by molar-refractivity contribution is -0.314. The van der Waals surface area contributed by atoms with E-state index in [9.17, 15) is 0 Å². The molecule has 4 bridgehead atoms. The van der Waals surface area contributed by atoms with Gasteiger partial charge in [-0.2, -0.15) is 0 Å². The van der Waals surface area contributed by atoms with E-state index in [1.807, 2.05) is 7.11 Å². The zero-order valence-corrected chi connectivity index (χ0v) is 22.7. The summed E-state index contributed by atoms with van der Waals surface area (Å²) in [5, 5.41) is 0. The van der Waals surface area contributed by atoms with Crippen LogP contribution in [0.2, 0.25) is 0 Å². The Labute approximate surface area is 221 Å². The summed E-state index contributed by atoms with van der Waals surface area (Å²) in [5.74, 6) is 2.11. The molecule has 6 atom stereocenters. The first-order valence-electron chi connectivity index (χ1n) is 14.7. The first kappa shape index (κ1) is 23.0. The molecular weight excluding hydrogens is 458 g/mol. The Kier molecular flexibility index (Phi) is 4.74. The SMILES string of the molecule is CO[C@]12CCC3(C[C@]1(C)COCc1ccccc1)[C@H]1Cc4ccc(C)c5c4[C@@]3(CCN1CC1CC1)[C@H]2O5. The van der Waals surface area contributed by atoms with E-state index in [4.69, 9.17) is 14.2 Å². The molecule has 0 aromatic heterocycles. The van der Waals surface area contributed by atoms with E-state index in [1.165, 1.54) is 68.5 Å². The first-order valence-corrected chi connectivity index (χ1v) is 14.7. The fourth-order valence-electron chi connectivity index (χ4n) is 10.3. The summed E-state index contributed by atoms with van der Waals surface area (Å²) < 4.78 is 20.5. The van der Waals surface area contributed by atoms with Crippen LogP contribution in [0.3, 0.4) is 0 Å². The third-order valence-electron chi connectivity index (χ3n) is 11.9. The Bertz CT molecular complexity index is 1240. The lowest BCUT2D eigenvalue weighted by Gasteiger charge is -2.76. The maximum Gasteiger partial charge on any atom is 0.139 e. The Hall–Kier alpha value is -1.88. The van der Waals surface area contributed by atoms with Crippen LogP contribution in [0.15, 0.2) is 42.5 Å². The van der Waals surface area contributed by atoms with Crippen molar-refractivity contribution in [1.82, 2.24) is 4.90 Å². The molecule has 1 saturated heterocycles. The average molecular weight is 500 g/mol. The maximum atomic E-state index is 7.22. The molecule has 4 saturated carbocycles. The molecule has 196 valence electrons. The van der Waals surface area contributed by atoms with Crippen molar-refractivity contribution in [2.24, 2.45) is 16.7 Å². The second kappa shape index (κ2) is 7.61. The smallest absolute Gasteiger partial charge is 0.139 e. The van der Waals surface area contributed by atoms with Gasteiger partial charge in [-0.1, -0.05) is 49.4 Å². The van der Waals surface area contributed by atoms with Crippen molar-refractivity contribution in [2.75, 3.05) is 26.8 Å². The zero-order valence-electron chi connectivity index (χ0n) is 22.7. The van der Waals surface area contributed by atoms with E-state index in [2.05, 4.69) is 61.2 Å². The highest BCUT2D eigenvalue weighted by molar-refractivity contribution is 5.61. The minimum absolute atomic E-state index is 0.0681. The molecule has 4 heteroatoms. The topological polar surface area (TPSA) is 30.9 Å². The van der Waals surface area contributed by atoms with Crippen molar-refractivity contribution >= 4 is 0 Å². The van der Waals surface area contributed by atoms with Gasteiger partial charge in [-0.05, 0) is 81.0 Å². The van der Waals surface area contributed by atoms with Gasteiger partial charge in [0.15, 0.2) is 0 Å². The molecule has 0 amide bonds. The van der Waals surface area contributed by atoms with Crippen molar-refractivity contribution in [3.05, 3.63) is 64.7 Å². The Morgan fingerprint density at radius 1 is 1.05 bits per heavy atom. The maximum absolute atomic E-state index is 7.22. The van der Waals surface area contributed by atoms with Gasteiger partial charge >= 0.3 is 0 Å². The molecule has 4 nitrogen and oxygen atoms in total. The van der Waals surface area contributed by atoms with Crippen LogP contribution in [0.5, 0.6) is 5.75 Å². The molecule has 2 heterocycles. The van der Waals surface area contributed by atoms with Gasteiger partial charge in [0.1, 0.15) is 17.5 Å². The molecule has 2 aromatic rings. The van der Waals surface area contributed by atoms with E-state index in [0.717, 1.165) is 12.3 Å².